The van der Waals surface area contributed by atoms with Crippen LogP contribution in [0.4, 0.5) is 0 Å². The molecule has 0 amide bonds. The van der Waals surface area contributed by atoms with Gasteiger partial charge in [0, 0.05) is 0 Å². The Morgan fingerprint density at radius 2 is 2.38 bits per heavy atom. The molecule has 0 saturated heterocycles. The molecule has 0 bridgehead atoms. The SMILES string of the molecule is C=CCOC(=O)C1CCCC(C)C1. The van der Waals surface area contributed by atoms with E-state index in [9.17, 15) is 4.79 Å². The minimum Gasteiger partial charge on any atom is -0.461 e. The first kappa shape index (κ1) is 10.3. The quantitative estimate of drug-likeness (QED) is 0.495. The van der Waals surface area contributed by atoms with Gasteiger partial charge in [-0.05, 0) is 18.8 Å². The summed E-state index contributed by atoms with van der Waals surface area (Å²) in [6.45, 7) is 6.07. The fraction of sp³-hybridized carbons (Fsp3) is 0.727. The third-order valence-electron chi connectivity index (χ3n) is 2.61. The summed E-state index contributed by atoms with van der Waals surface area (Å²) in [6, 6.07) is 0. The van der Waals surface area contributed by atoms with Crippen molar-refractivity contribution in [1.29, 1.82) is 0 Å². The Morgan fingerprint density at radius 1 is 1.62 bits per heavy atom. The van der Waals surface area contributed by atoms with Gasteiger partial charge in [-0.3, -0.25) is 4.79 Å². The van der Waals surface area contributed by atoms with Gasteiger partial charge in [-0.15, -0.1) is 0 Å². The Balaban J connectivity index is 2.32. The lowest BCUT2D eigenvalue weighted by Crippen LogP contribution is -2.23. The molecule has 13 heavy (non-hydrogen) atoms. The highest BCUT2D eigenvalue weighted by atomic mass is 16.5. The van der Waals surface area contributed by atoms with Crippen LogP contribution < -0.4 is 0 Å². The molecule has 2 atom stereocenters. The Labute approximate surface area is 80.0 Å². The molecular formula is C11H18O2. The van der Waals surface area contributed by atoms with Crippen LogP contribution in [0.15, 0.2) is 12.7 Å². The van der Waals surface area contributed by atoms with Gasteiger partial charge >= 0.3 is 5.97 Å². The monoisotopic (exact) mass is 182 g/mol. The zero-order valence-electron chi connectivity index (χ0n) is 8.29. The van der Waals surface area contributed by atoms with E-state index in [2.05, 4.69) is 13.5 Å². The molecule has 2 heteroatoms. The van der Waals surface area contributed by atoms with Crippen molar-refractivity contribution < 1.29 is 9.53 Å². The molecule has 2 nitrogen and oxygen atoms in total. The Hall–Kier alpha value is -0.790. The minimum absolute atomic E-state index is 0.0357. The summed E-state index contributed by atoms with van der Waals surface area (Å²) in [4.78, 5) is 11.4. The second kappa shape index (κ2) is 5.05. The third kappa shape index (κ3) is 3.21. The van der Waals surface area contributed by atoms with E-state index >= 15 is 0 Å². The Bertz CT molecular complexity index is 187. The summed E-state index contributed by atoms with van der Waals surface area (Å²) in [6.07, 6.45) is 6.03. The van der Waals surface area contributed by atoms with Crippen LogP contribution in [0.2, 0.25) is 0 Å². The highest BCUT2D eigenvalue weighted by molar-refractivity contribution is 5.72. The van der Waals surface area contributed by atoms with Gasteiger partial charge in [0.25, 0.3) is 0 Å². The summed E-state index contributed by atoms with van der Waals surface area (Å²) in [7, 11) is 0. The van der Waals surface area contributed by atoms with Crippen molar-refractivity contribution in [2.45, 2.75) is 32.6 Å². The molecule has 1 aliphatic rings. The maximum atomic E-state index is 11.4. The van der Waals surface area contributed by atoms with E-state index < -0.39 is 0 Å². The molecule has 0 aromatic carbocycles. The summed E-state index contributed by atoms with van der Waals surface area (Å²) >= 11 is 0. The number of hydrogen-bond donors (Lipinski definition) is 0. The molecular weight excluding hydrogens is 164 g/mol. The second-order valence-electron chi connectivity index (χ2n) is 3.89. The number of carbonyl (C=O) groups excluding carboxylic acids is 1. The molecule has 1 saturated carbocycles. The van der Waals surface area contributed by atoms with Gasteiger partial charge < -0.3 is 4.74 Å². The van der Waals surface area contributed by atoms with E-state index in [-0.39, 0.29) is 11.9 Å². The second-order valence-corrected chi connectivity index (χ2v) is 3.89. The smallest absolute Gasteiger partial charge is 0.309 e. The van der Waals surface area contributed by atoms with Gasteiger partial charge in [0.1, 0.15) is 6.61 Å². The molecule has 0 aromatic heterocycles. The van der Waals surface area contributed by atoms with Crippen molar-refractivity contribution in [3.05, 3.63) is 12.7 Å². The van der Waals surface area contributed by atoms with Gasteiger partial charge in [-0.2, -0.15) is 0 Å². The lowest BCUT2D eigenvalue weighted by atomic mass is 9.82. The molecule has 2 unspecified atom stereocenters. The first-order valence-electron chi connectivity index (χ1n) is 5.01. The molecule has 0 radical (unpaired) electrons. The fourth-order valence-electron chi connectivity index (χ4n) is 1.91. The van der Waals surface area contributed by atoms with E-state index in [0.29, 0.717) is 12.5 Å². The van der Waals surface area contributed by atoms with Crippen LogP contribution in [0, 0.1) is 11.8 Å². The summed E-state index contributed by atoms with van der Waals surface area (Å²) in [5.74, 6) is 0.783. The standard InChI is InChI=1S/C11H18O2/c1-3-7-13-11(12)10-6-4-5-9(2)8-10/h3,9-10H,1,4-8H2,2H3. The van der Waals surface area contributed by atoms with E-state index in [0.717, 1.165) is 19.3 Å². The number of esters is 1. The van der Waals surface area contributed by atoms with E-state index in [1.165, 1.54) is 6.42 Å². The van der Waals surface area contributed by atoms with Crippen molar-refractivity contribution in [2.24, 2.45) is 11.8 Å². The lowest BCUT2D eigenvalue weighted by Gasteiger charge is -2.24. The first-order valence-corrected chi connectivity index (χ1v) is 5.01. The number of hydrogen-bond acceptors (Lipinski definition) is 2. The maximum Gasteiger partial charge on any atom is 0.309 e. The number of carbonyl (C=O) groups is 1. The van der Waals surface area contributed by atoms with E-state index in [1.807, 2.05) is 0 Å². The predicted octanol–water partition coefficient (Wildman–Crippen LogP) is 2.54. The third-order valence-corrected chi connectivity index (χ3v) is 2.61. The summed E-state index contributed by atoms with van der Waals surface area (Å²) in [5.41, 5.74) is 0. The topological polar surface area (TPSA) is 26.3 Å². The van der Waals surface area contributed by atoms with Crippen LogP contribution in [0.1, 0.15) is 32.6 Å². The zero-order chi connectivity index (χ0) is 9.68. The van der Waals surface area contributed by atoms with Gasteiger partial charge in [0.2, 0.25) is 0 Å². The van der Waals surface area contributed by atoms with E-state index in [1.54, 1.807) is 6.08 Å². The van der Waals surface area contributed by atoms with Crippen LogP contribution in [0.25, 0.3) is 0 Å². The molecule has 0 aliphatic heterocycles. The summed E-state index contributed by atoms with van der Waals surface area (Å²) < 4.78 is 5.02. The van der Waals surface area contributed by atoms with Gasteiger partial charge in [-0.1, -0.05) is 32.4 Å². The molecule has 0 spiro atoms. The number of rotatable bonds is 3. The molecule has 74 valence electrons. The highest BCUT2D eigenvalue weighted by Gasteiger charge is 2.25. The molecule has 0 heterocycles. The van der Waals surface area contributed by atoms with Crippen LogP contribution in [0.5, 0.6) is 0 Å². The highest BCUT2D eigenvalue weighted by Crippen LogP contribution is 2.29. The average molecular weight is 182 g/mol. The van der Waals surface area contributed by atoms with Crippen LogP contribution >= 0.6 is 0 Å². The van der Waals surface area contributed by atoms with Crippen molar-refractivity contribution in [1.82, 2.24) is 0 Å². The van der Waals surface area contributed by atoms with Crippen LogP contribution in [0.3, 0.4) is 0 Å². The van der Waals surface area contributed by atoms with Crippen molar-refractivity contribution in [2.75, 3.05) is 6.61 Å². The fourth-order valence-corrected chi connectivity index (χ4v) is 1.91. The summed E-state index contributed by atoms with van der Waals surface area (Å²) in [5, 5.41) is 0. The van der Waals surface area contributed by atoms with Crippen molar-refractivity contribution >= 4 is 5.97 Å². The van der Waals surface area contributed by atoms with E-state index in [4.69, 9.17) is 4.74 Å². The number of ether oxygens (including phenoxy) is 1. The van der Waals surface area contributed by atoms with Gasteiger partial charge in [0.05, 0.1) is 5.92 Å². The predicted molar refractivity (Wildman–Crippen MR) is 52.3 cm³/mol. The van der Waals surface area contributed by atoms with Crippen molar-refractivity contribution in [3.63, 3.8) is 0 Å². The maximum absolute atomic E-state index is 11.4. The Kier molecular flexibility index (Phi) is 4.00. The van der Waals surface area contributed by atoms with Gasteiger partial charge in [0.15, 0.2) is 0 Å². The molecule has 1 rings (SSSR count). The largest absolute Gasteiger partial charge is 0.461 e. The first-order chi connectivity index (χ1) is 6.24. The lowest BCUT2D eigenvalue weighted by molar-refractivity contribution is -0.148. The van der Waals surface area contributed by atoms with Gasteiger partial charge in [-0.25, -0.2) is 0 Å². The molecule has 0 aromatic rings. The van der Waals surface area contributed by atoms with Crippen LogP contribution in [-0.4, -0.2) is 12.6 Å². The average Bonchev–Trinajstić information content (AvgIpc) is 2.14. The molecule has 1 fully saturated rings. The minimum atomic E-state index is -0.0357. The molecule has 0 N–H and O–H groups in total. The van der Waals surface area contributed by atoms with Crippen LogP contribution in [-0.2, 0) is 9.53 Å². The zero-order valence-corrected chi connectivity index (χ0v) is 8.29. The van der Waals surface area contributed by atoms with Crippen molar-refractivity contribution in [3.8, 4) is 0 Å². The molecule has 1 aliphatic carbocycles. The normalized spacial score (nSPS) is 28.1. The Morgan fingerprint density at radius 3 is 3.00 bits per heavy atom.